The van der Waals surface area contributed by atoms with Gasteiger partial charge in [0.1, 0.15) is 11.9 Å². The van der Waals surface area contributed by atoms with Crippen LogP contribution in [0.5, 0.6) is 0 Å². The molecule has 0 bridgehead atoms. The van der Waals surface area contributed by atoms with Crippen molar-refractivity contribution in [3.8, 4) is 0 Å². The molecule has 6 nitrogen and oxygen atoms in total. The highest BCUT2D eigenvalue weighted by Gasteiger charge is 2.31. The van der Waals surface area contributed by atoms with Crippen LogP contribution in [0.1, 0.15) is 11.9 Å². The zero-order chi connectivity index (χ0) is 10.3. The summed E-state index contributed by atoms with van der Waals surface area (Å²) in [5.74, 6) is 0.679. The molecule has 1 aliphatic rings. The van der Waals surface area contributed by atoms with Crippen molar-refractivity contribution >= 4 is 18.1 Å². The predicted molar refractivity (Wildman–Crippen MR) is 52.0 cm³/mol. The molecule has 0 spiro atoms. The van der Waals surface area contributed by atoms with E-state index in [-0.39, 0.29) is 11.9 Å². The van der Waals surface area contributed by atoms with Crippen LogP contribution in [0.4, 0.5) is 0 Å². The number of carbonyl (C=O) groups is 1. The molecule has 1 amide bonds. The average Bonchev–Trinajstić information content (AvgIpc) is 2.57. The molecule has 1 aliphatic heterocycles. The molecular formula is C7H11N5OS. The second-order valence-electron chi connectivity index (χ2n) is 3.32. The molecule has 0 aliphatic carbocycles. The SMILES string of the molecule is Cc1n[nH]c(=S)n1C1CN(C)NC1=O. The van der Waals surface area contributed by atoms with E-state index in [0.717, 1.165) is 5.82 Å². The Kier molecular flexibility index (Phi) is 2.12. The fraction of sp³-hybridized carbons (Fsp3) is 0.571. The molecule has 1 fully saturated rings. The molecule has 2 N–H and O–H groups in total. The first-order valence-electron chi connectivity index (χ1n) is 4.24. The normalized spacial score (nSPS) is 22.7. The molecule has 2 heterocycles. The minimum absolute atomic E-state index is 0.0481. The number of hydrogen-bond donors (Lipinski definition) is 2. The lowest BCUT2D eigenvalue weighted by Crippen LogP contribution is -2.29. The minimum atomic E-state index is -0.272. The fourth-order valence-corrected chi connectivity index (χ4v) is 1.90. The number of aromatic nitrogens is 3. The van der Waals surface area contributed by atoms with Gasteiger partial charge in [0, 0.05) is 13.6 Å². The van der Waals surface area contributed by atoms with Crippen molar-refractivity contribution < 1.29 is 4.79 Å². The first-order valence-corrected chi connectivity index (χ1v) is 4.65. The zero-order valence-corrected chi connectivity index (χ0v) is 8.76. The van der Waals surface area contributed by atoms with Crippen molar-refractivity contribution in [3.05, 3.63) is 10.6 Å². The highest BCUT2D eigenvalue weighted by Crippen LogP contribution is 2.15. The van der Waals surface area contributed by atoms with Crippen LogP contribution in [-0.4, -0.2) is 39.3 Å². The lowest BCUT2D eigenvalue weighted by atomic mass is 10.3. The number of likely N-dealkylation sites (N-methyl/N-ethyl adjacent to an activating group) is 1. The second-order valence-corrected chi connectivity index (χ2v) is 3.71. The monoisotopic (exact) mass is 213 g/mol. The molecule has 1 saturated heterocycles. The van der Waals surface area contributed by atoms with Gasteiger partial charge in [0.15, 0.2) is 4.77 Å². The first kappa shape index (κ1) is 9.35. The molecule has 2 rings (SSSR count). The third-order valence-electron chi connectivity index (χ3n) is 2.24. The van der Waals surface area contributed by atoms with E-state index in [1.165, 1.54) is 0 Å². The van der Waals surface area contributed by atoms with Gasteiger partial charge < -0.3 is 0 Å². The molecule has 0 radical (unpaired) electrons. The minimum Gasteiger partial charge on any atom is -0.290 e. The largest absolute Gasteiger partial charge is 0.290 e. The van der Waals surface area contributed by atoms with E-state index >= 15 is 0 Å². The molecule has 7 heteroatoms. The van der Waals surface area contributed by atoms with Crippen molar-refractivity contribution in [1.29, 1.82) is 0 Å². The van der Waals surface area contributed by atoms with Crippen LogP contribution in [0.15, 0.2) is 0 Å². The number of nitrogens with one attached hydrogen (secondary N) is 2. The van der Waals surface area contributed by atoms with Gasteiger partial charge in [-0.1, -0.05) is 0 Å². The fourth-order valence-electron chi connectivity index (χ4n) is 1.60. The van der Waals surface area contributed by atoms with E-state index in [0.29, 0.717) is 11.3 Å². The summed E-state index contributed by atoms with van der Waals surface area (Å²) < 4.78 is 2.21. The summed E-state index contributed by atoms with van der Waals surface area (Å²) in [5, 5.41) is 8.37. The molecule has 0 saturated carbocycles. The summed E-state index contributed by atoms with van der Waals surface area (Å²) in [6.45, 7) is 2.42. The Morgan fingerprint density at radius 3 is 2.79 bits per heavy atom. The molecule has 1 atom stereocenters. The number of rotatable bonds is 1. The molecule has 76 valence electrons. The number of hydrogen-bond acceptors (Lipinski definition) is 4. The van der Waals surface area contributed by atoms with Crippen molar-refractivity contribution in [1.82, 2.24) is 25.2 Å². The number of amides is 1. The Labute approximate surface area is 85.9 Å². The lowest BCUT2D eigenvalue weighted by molar-refractivity contribution is -0.123. The summed E-state index contributed by atoms with van der Waals surface area (Å²) in [7, 11) is 1.82. The predicted octanol–water partition coefficient (Wildman–Crippen LogP) is -0.233. The Hall–Kier alpha value is -1.21. The van der Waals surface area contributed by atoms with Gasteiger partial charge in [-0.15, -0.1) is 0 Å². The van der Waals surface area contributed by atoms with Crippen LogP contribution < -0.4 is 5.43 Å². The van der Waals surface area contributed by atoms with Gasteiger partial charge in [-0.05, 0) is 19.1 Å². The molecule has 14 heavy (non-hydrogen) atoms. The van der Waals surface area contributed by atoms with Crippen LogP contribution >= 0.6 is 12.2 Å². The van der Waals surface area contributed by atoms with Gasteiger partial charge in [0.25, 0.3) is 5.91 Å². The quantitative estimate of drug-likeness (QED) is 0.632. The van der Waals surface area contributed by atoms with Crippen LogP contribution in [0.2, 0.25) is 0 Å². The summed E-state index contributed by atoms with van der Waals surface area (Å²) in [5.41, 5.74) is 2.70. The van der Waals surface area contributed by atoms with Crippen LogP contribution in [0, 0.1) is 11.7 Å². The number of carbonyl (C=O) groups excluding carboxylic acids is 1. The summed E-state index contributed by atoms with van der Waals surface area (Å²) in [4.78, 5) is 11.5. The zero-order valence-electron chi connectivity index (χ0n) is 7.94. The standard InChI is InChI=1S/C7H11N5OS/c1-4-8-9-7(14)12(4)5-3-11(2)10-6(5)13/h5H,3H2,1-2H3,(H,9,14)(H,10,13). The number of aryl methyl sites for hydroxylation is 1. The van der Waals surface area contributed by atoms with E-state index in [1.54, 1.807) is 9.58 Å². The highest BCUT2D eigenvalue weighted by atomic mass is 32.1. The van der Waals surface area contributed by atoms with E-state index in [2.05, 4.69) is 15.6 Å². The number of aromatic amines is 1. The maximum Gasteiger partial charge on any atom is 0.258 e. The van der Waals surface area contributed by atoms with E-state index in [9.17, 15) is 4.79 Å². The lowest BCUT2D eigenvalue weighted by Gasteiger charge is -2.09. The number of hydrazine groups is 1. The van der Waals surface area contributed by atoms with Gasteiger partial charge in [-0.25, -0.2) is 5.01 Å². The van der Waals surface area contributed by atoms with E-state index < -0.39 is 0 Å². The summed E-state index contributed by atoms with van der Waals surface area (Å²) >= 11 is 5.05. The second kappa shape index (κ2) is 3.18. The van der Waals surface area contributed by atoms with Gasteiger partial charge in [-0.2, -0.15) is 5.10 Å². The summed E-state index contributed by atoms with van der Waals surface area (Å²) in [6.07, 6.45) is 0. The first-order chi connectivity index (χ1) is 6.59. The Balaban J connectivity index is 2.41. The third-order valence-corrected chi connectivity index (χ3v) is 2.53. The molecule has 1 unspecified atom stereocenters. The number of H-pyrrole nitrogens is 1. The molecule has 1 aromatic rings. The topological polar surface area (TPSA) is 66.0 Å². The Bertz CT molecular complexity index is 422. The van der Waals surface area contributed by atoms with Gasteiger partial charge >= 0.3 is 0 Å². The summed E-state index contributed by atoms with van der Waals surface area (Å²) in [6, 6.07) is -0.272. The average molecular weight is 213 g/mol. The Morgan fingerprint density at radius 2 is 2.36 bits per heavy atom. The smallest absolute Gasteiger partial charge is 0.258 e. The van der Waals surface area contributed by atoms with Crippen LogP contribution in [0.3, 0.4) is 0 Å². The van der Waals surface area contributed by atoms with Gasteiger partial charge in [-0.3, -0.25) is 19.9 Å². The van der Waals surface area contributed by atoms with Crippen molar-refractivity contribution in [2.24, 2.45) is 0 Å². The van der Waals surface area contributed by atoms with Crippen LogP contribution in [0.25, 0.3) is 0 Å². The maximum atomic E-state index is 11.5. The number of nitrogens with zero attached hydrogens (tertiary/aromatic N) is 3. The van der Waals surface area contributed by atoms with Gasteiger partial charge in [0.05, 0.1) is 0 Å². The van der Waals surface area contributed by atoms with E-state index in [4.69, 9.17) is 12.2 Å². The molecule has 1 aromatic heterocycles. The Morgan fingerprint density at radius 1 is 1.64 bits per heavy atom. The maximum absolute atomic E-state index is 11.5. The third kappa shape index (κ3) is 1.34. The van der Waals surface area contributed by atoms with Crippen molar-refractivity contribution in [2.45, 2.75) is 13.0 Å². The highest BCUT2D eigenvalue weighted by molar-refractivity contribution is 7.71. The molecule has 0 aromatic carbocycles. The van der Waals surface area contributed by atoms with E-state index in [1.807, 2.05) is 14.0 Å². The molecular weight excluding hydrogens is 202 g/mol. The van der Waals surface area contributed by atoms with Crippen LogP contribution in [-0.2, 0) is 4.79 Å². The van der Waals surface area contributed by atoms with Crippen molar-refractivity contribution in [2.75, 3.05) is 13.6 Å². The van der Waals surface area contributed by atoms with Crippen molar-refractivity contribution in [3.63, 3.8) is 0 Å². The van der Waals surface area contributed by atoms with Gasteiger partial charge in [0.2, 0.25) is 0 Å².